The van der Waals surface area contributed by atoms with Crippen LogP contribution in [0.2, 0.25) is 0 Å². The number of benzene rings is 1. The van der Waals surface area contributed by atoms with Gasteiger partial charge < -0.3 is 35.1 Å². The molecule has 1 aromatic carbocycles. The molecule has 0 aliphatic rings. The smallest absolute Gasteiger partial charge is 0.741 e. The molecule has 0 aliphatic carbocycles. The molecule has 0 aliphatic heterocycles. The molecule has 0 amide bonds. The van der Waals surface area contributed by atoms with Crippen molar-refractivity contribution in [3.05, 3.63) is 66.0 Å². The molecule has 0 atom stereocenters. The van der Waals surface area contributed by atoms with Gasteiger partial charge in [-0.05, 0) is 39.8 Å². The van der Waals surface area contributed by atoms with Crippen LogP contribution in [0.1, 0.15) is 38.8 Å². The van der Waals surface area contributed by atoms with Gasteiger partial charge in [-0.1, -0.05) is 30.3 Å². The summed E-state index contributed by atoms with van der Waals surface area (Å²) < 4.78 is 0. The van der Waals surface area contributed by atoms with Crippen LogP contribution in [0, 0.1) is 0 Å². The molecule has 0 spiro atoms. The third-order valence-corrected chi connectivity index (χ3v) is 5.43. The number of aromatic nitrogens is 1. The number of hydrogen-bond donors (Lipinski definition) is 0. The maximum Gasteiger partial charge on any atom is 2.00 e. The average Bonchev–Trinajstić information content (AvgIpc) is 2.83. The Morgan fingerprint density at radius 1 is 0.697 bits per heavy atom. The van der Waals surface area contributed by atoms with Gasteiger partial charge in [0.05, 0.1) is 0 Å². The summed E-state index contributed by atoms with van der Waals surface area (Å²) in [4.78, 5) is 8.16. The van der Waals surface area contributed by atoms with E-state index >= 15 is 0 Å². The normalized spacial score (nSPS) is 12.8. The Morgan fingerprint density at radius 3 is 1.58 bits per heavy atom. The van der Waals surface area contributed by atoms with E-state index in [0.29, 0.717) is 21.8 Å². The summed E-state index contributed by atoms with van der Waals surface area (Å²) in [5.41, 5.74) is 2.65. The SMILES string of the molecule is CCN(CC)/C([S-])=N/N=C(/C(=N/N=C(\[S-])N(CC)CC)c1cccnc1)c1ccccc1.[Cu+2]. The van der Waals surface area contributed by atoms with E-state index in [1.165, 1.54) is 0 Å². The molecule has 2 rings (SSSR count). The van der Waals surface area contributed by atoms with E-state index in [9.17, 15) is 0 Å². The molecule has 0 unspecified atom stereocenters. The molecule has 0 saturated carbocycles. The second-order valence-corrected chi connectivity index (χ2v) is 7.34. The van der Waals surface area contributed by atoms with Crippen molar-refractivity contribution in [2.75, 3.05) is 26.2 Å². The molecule has 0 bridgehead atoms. The Balaban J connectivity index is 0.00000544. The van der Waals surface area contributed by atoms with Gasteiger partial charge in [-0.2, -0.15) is 10.2 Å². The van der Waals surface area contributed by atoms with Crippen molar-refractivity contribution in [2.45, 2.75) is 27.7 Å². The maximum atomic E-state index is 5.47. The molecule has 1 heterocycles. The fourth-order valence-electron chi connectivity index (χ4n) is 2.88. The van der Waals surface area contributed by atoms with Gasteiger partial charge in [0.1, 0.15) is 11.4 Å². The Labute approximate surface area is 218 Å². The molecule has 2 aromatic rings. The Bertz CT molecular complexity index is 876. The van der Waals surface area contributed by atoms with Crippen molar-refractivity contribution in [1.29, 1.82) is 0 Å². The summed E-state index contributed by atoms with van der Waals surface area (Å²) in [6.45, 7) is 11.1. The van der Waals surface area contributed by atoms with Crippen LogP contribution in [0.25, 0.3) is 0 Å². The third-order valence-electron chi connectivity index (χ3n) is 4.75. The molecule has 0 N–H and O–H groups in total. The summed E-state index contributed by atoms with van der Waals surface area (Å²) in [5, 5.41) is 18.6. The summed E-state index contributed by atoms with van der Waals surface area (Å²) in [6.07, 6.45) is 3.42. The van der Waals surface area contributed by atoms with E-state index in [2.05, 4.69) is 25.4 Å². The van der Waals surface area contributed by atoms with Crippen molar-refractivity contribution in [3.63, 3.8) is 0 Å². The van der Waals surface area contributed by atoms with Crippen LogP contribution in [0.4, 0.5) is 0 Å². The van der Waals surface area contributed by atoms with Crippen molar-refractivity contribution in [2.24, 2.45) is 20.4 Å². The van der Waals surface area contributed by atoms with E-state index in [1.54, 1.807) is 12.4 Å². The van der Waals surface area contributed by atoms with Crippen molar-refractivity contribution >= 4 is 47.0 Å². The predicted molar refractivity (Wildman–Crippen MR) is 139 cm³/mol. The summed E-state index contributed by atoms with van der Waals surface area (Å²) in [5.74, 6) is 0. The van der Waals surface area contributed by atoms with E-state index in [-0.39, 0.29) is 17.1 Å². The van der Waals surface area contributed by atoms with Crippen molar-refractivity contribution in [3.8, 4) is 0 Å². The van der Waals surface area contributed by atoms with Crippen LogP contribution in [-0.2, 0) is 42.3 Å². The van der Waals surface area contributed by atoms with Gasteiger partial charge >= 0.3 is 17.1 Å². The van der Waals surface area contributed by atoms with E-state index < -0.39 is 0 Å². The largest absolute Gasteiger partial charge is 2.00 e. The van der Waals surface area contributed by atoms with Gasteiger partial charge in [-0.3, -0.25) is 4.98 Å². The molecule has 179 valence electrons. The summed E-state index contributed by atoms with van der Waals surface area (Å²) in [6, 6.07) is 13.5. The first-order chi connectivity index (χ1) is 15.5. The maximum absolute atomic E-state index is 5.47. The van der Waals surface area contributed by atoms with Crippen LogP contribution >= 0.6 is 0 Å². The molecule has 0 fully saturated rings. The van der Waals surface area contributed by atoms with E-state index in [1.807, 2.05) is 80.0 Å². The molecule has 0 saturated heterocycles. The third kappa shape index (κ3) is 8.47. The fraction of sp³-hybridized carbons (Fsp3) is 0.348. The second kappa shape index (κ2) is 15.4. The minimum Gasteiger partial charge on any atom is -0.741 e. The first kappa shape index (κ1) is 28.6. The van der Waals surface area contributed by atoms with E-state index in [4.69, 9.17) is 25.3 Å². The van der Waals surface area contributed by atoms with Crippen LogP contribution in [-0.4, -0.2) is 62.7 Å². The number of rotatable bonds is 9. The van der Waals surface area contributed by atoms with Gasteiger partial charge in [-0.25, -0.2) is 0 Å². The quantitative estimate of drug-likeness (QED) is 0.163. The van der Waals surface area contributed by atoms with Gasteiger partial charge in [-0.15, -0.1) is 10.2 Å². The summed E-state index contributed by atoms with van der Waals surface area (Å²) >= 11 is 10.9. The number of pyridine rings is 1. The van der Waals surface area contributed by atoms with E-state index in [0.717, 1.165) is 37.3 Å². The molecular formula is C23H29CuN7S2. The van der Waals surface area contributed by atoms with Gasteiger partial charge in [0.2, 0.25) is 0 Å². The number of hydrogen-bond acceptors (Lipinski definition) is 7. The number of nitrogens with zero attached hydrogens (tertiary/aromatic N) is 7. The molecular weight excluding hydrogens is 502 g/mol. The Morgan fingerprint density at radius 2 is 1.15 bits per heavy atom. The zero-order valence-electron chi connectivity index (χ0n) is 19.3. The number of amidine groups is 2. The second-order valence-electron chi connectivity index (χ2n) is 6.61. The monoisotopic (exact) mass is 530 g/mol. The van der Waals surface area contributed by atoms with Crippen LogP contribution < -0.4 is 0 Å². The zero-order valence-corrected chi connectivity index (χ0v) is 21.8. The molecule has 1 aromatic heterocycles. The zero-order chi connectivity index (χ0) is 23.3. The Kier molecular flexibility index (Phi) is 13.4. The van der Waals surface area contributed by atoms with Crippen LogP contribution in [0.5, 0.6) is 0 Å². The van der Waals surface area contributed by atoms with Crippen LogP contribution in [0.3, 0.4) is 0 Å². The molecule has 1 radical (unpaired) electrons. The fourth-order valence-corrected chi connectivity index (χ4v) is 3.48. The molecule has 33 heavy (non-hydrogen) atoms. The standard InChI is InChI=1S/C23H31N7S2.Cu/c1-5-29(6-2)22(31)27-25-20(18-13-10-9-11-14-18)21(19-15-12-16-24-17-19)26-28-23(32)30(7-3)8-4;/h9-17H,5-8H2,1-4H3,(H,27,31)(H,28,32);/q;+2/p-2/b25-20+,26-21+;. The predicted octanol–water partition coefficient (Wildman–Crippen LogP) is 3.68. The van der Waals surface area contributed by atoms with Gasteiger partial charge in [0, 0.05) is 60.0 Å². The van der Waals surface area contributed by atoms with Gasteiger partial charge in [0.15, 0.2) is 0 Å². The first-order valence-corrected chi connectivity index (χ1v) is 11.5. The molecule has 7 nitrogen and oxygen atoms in total. The van der Waals surface area contributed by atoms with Crippen LogP contribution in [0.15, 0.2) is 75.3 Å². The van der Waals surface area contributed by atoms with Crippen molar-refractivity contribution in [1.82, 2.24) is 14.8 Å². The van der Waals surface area contributed by atoms with Crippen molar-refractivity contribution < 1.29 is 17.1 Å². The first-order valence-electron chi connectivity index (χ1n) is 10.7. The molecule has 10 heteroatoms. The van der Waals surface area contributed by atoms with Gasteiger partial charge in [0.25, 0.3) is 0 Å². The minimum absolute atomic E-state index is 0. The Hall–Kier alpha value is -2.39. The summed E-state index contributed by atoms with van der Waals surface area (Å²) in [7, 11) is 0. The minimum atomic E-state index is 0. The average molecular weight is 531 g/mol. The topological polar surface area (TPSA) is 68.8 Å².